The van der Waals surface area contributed by atoms with Gasteiger partial charge in [-0.25, -0.2) is 9.97 Å². The van der Waals surface area contributed by atoms with Gasteiger partial charge >= 0.3 is 0 Å². The van der Waals surface area contributed by atoms with Gasteiger partial charge < -0.3 is 10.2 Å². The summed E-state index contributed by atoms with van der Waals surface area (Å²) >= 11 is 6.48. The highest BCUT2D eigenvalue weighted by atomic mass is 35.5. The summed E-state index contributed by atoms with van der Waals surface area (Å²) in [7, 11) is 0. The van der Waals surface area contributed by atoms with Crippen LogP contribution in [0.2, 0.25) is 5.02 Å². The molecule has 0 saturated heterocycles. The SMILES string of the molecule is Cc1cnc(-c2cc(N3CCc4nc(NC(=O)C(C)C)ccc4C3)ncc2Cl)c(C)c1. The van der Waals surface area contributed by atoms with Gasteiger partial charge in [0, 0.05) is 49.1 Å². The molecule has 1 aliphatic rings. The van der Waals surface area contributed by atoms with Gasteiger partial charge in [0.15, 0.2) is 0 Å². The number of aryl methyl sites for hydroxylation is 2. The molecule has 0 saturated carbocycles. The molecule has 0 atom stereocenters. The van der Waals surface area contributed by atoms with Crippen LogP contribution >= 0.6 is 11.6 Å². The molecule has 31 heavy (non-hydrogen) atoms. The van der Waals surface area contributed by atoms with E-state index in [4.69, 9.17) is 11.6 Å². The van der Waals surface area contributed by atoms with Crippen molar-refractivity contribution in [3.05, 3.63) is 64.1 Å². The first-order valence-corrected chi connectivity index (χ1v) is 10.8. The summed E-state index contributed by atoms with van der Waals surface area (Å²) in [6, 6.07) is 8.02. The molecule has 4 heterocycles. The maximum Gasteiger partial charge on any atom is 0.228 e. The normalized spacial score (nSPS) is 13.3. The Morgan fingerprint density at radius 2 is 1.97 bits per heavy atom. The van der Waals surface area contributed by atoms with Crippen LogP contribution in [0.25, 0.3) is 11.3 Å². The first-order valence-electron chi connectivity index (χ1n) is 10.5. The van der Waals surface area contributed by atoms with Gasteiger partial charge in [-0.15, -0.1) is 0 Å². The van der Waals surface area contributed by atoms with E-state index in [9.17, 15) is 4.79 Å². The summed E-state index contributed by atoms with van der Waals surface area (Å²) in [5.41, 5.74) is 6.13. The molecule has 7 heteroatoms. The van der Waals surface area contributed by atoms with Crippen molar-refractivity contribution in [1.82, 2.24) is 15.0 Å². The number of pyridine rings is 3. The Bertz CT molecular complexity index is 1140. The van der Waals surface area contributed by atoms with Crippen molar-refractivity contribution < 1.29 is 4.79 Å². The molecule has 0 fully saturated rings. The summed E-state index contributed by atoms with van der Waals surface area (Å²) in [5, 5.41) is 3.47. The van der Waals surface area contributed by atoms with Gasteiger partial charge in [-0.2, -0.15) is 0 Å². The number of hydrogen-bond donors (Lipinski definition) is 1. The van der Waals surface area contributed by atoms with E-state index in [2.05, 4.69) is 31.2 Å². The van der Waals surface area contributed by atoms with Crippen molar-refractivity contribution in [2.45, 2.75) is 40.7 Å². The lowest BCUT2D eigenvalue weighted by atomic mass is 10.0. The van der Waals surface area contributed by atoms with Gasteiger partial charge in [-0.05, 0) is 42.7 Å². The number of nitrogens with one attached hydrogen (secondary N) is 1. The number of hydrogen-bond acceptors (Lipinski definition) is 5. The minimum absolute atomic E-state index is 0.0252. The van der Waals surface area contributed by atoms with E-state index in [0.717, 1.165) is 52.4 Å². The van der Waals surface area contributed by atoms with E-state index in [1.54, 1.807) is 6.20 Å². The van der Waals surface area contributed by atoms with Gasteiger partial charge in [-0.1, -0.05) is 37.6 Å². The number of amides is 1. The van der Waals surface area contributed by atoms with Crippen LogP contribution in [0.4, 0.5) is 11.6 Å². The predicted molar refractivity (Wildman–Crippen MR) is 124 cm³/mol. The second kappa shape index (κ2) is 8.63. The standard InChI is InChI=1S/C24H26ClN5O/c1-14(2)24(31)29-21-6-5-17-13-30(8-7-20(17)28-21)22-10-18(19(25)12-26-22)23-16(4)9-15(3)11-27-23/h5-6,9-12,14H,7-8,13H2,1-4H3,(H,28,29,31). The molecule has 0 spiro atoms. The lowest BCUT2D eigenvalue weighted by Crippen LogP contribution is -2.32. The van der Waals surface area contributed by atoms with Crippen LogP contribution in [0.3, 0.4) is 0 Å². The zero-order chi connectivity index (χ0) is 22.1. The van der Waals surface area contributed by atoms with Crippen LogP contribution in [0.5, 0.6) is 0 Å². The summed E-state index contributed by atoms with van der Waals surface area (Å²) in [6.45, 7) is 9.30. The Morgan fingerprint density at radius 1 is 1.16 bits per heavy atom. The summed E-state index contributed by atoms with van der Waals surface area (Å²) in [6.07, 6.45) is 4.34. The van der Waals surface area contributed by atoms with Gasteiger partial charge in [0.2, 0.25) is 5.91 Å². The fourth-order valence-electron chi connectivity index (χ4n) is 3.73. The fourth-order valence-corrected chi connectivity index (χ4v) is 3.92. The number of carbonyl (C=O) groups excluding carboxylic acids is 1. The van der Waals surface area contributed by atoms with Gasteiger partial charge in [0.1, 0.15) is 11.6 Å². The monoisotopic (exact) mass is 435 g/mol. The molecule has 1 N–H and O–H groups in total. The van der Waals surface area contributed by atoms with Crippen LogP contribution < -0.4 is 10.2 Å². The number of halogens is 1. The Kier molecular flexibility index (Phi) is 5.92. The van der Waals surface area contributed by atoms with Crippen molar-refractivity contribution in [3.63, 3.8) is 0 Å². The molecule has 4 rings (SSSR count). The minimum atomic E-state index is -0.0786. The molecule has 0 aliphatic carbocycles. The molecular formula is C24H26ClN5O. The summed E-state index contributed by atoms with van der Waals surface area (Å²) < 4.78 is 0. The predicted octanol–water partition coefficient (Wildman–Crippen LogP) is 4.97. The lowest BCUT2D eigenvalue weighted by Gasteiger charge is -2.30. The maximum atomic E-state index is 12.0. The van der Waals surface area contributed by atoms with E-state index >= 15 is 0 Å². The molecule has 0 bridgehead atoms. The largest absolute Gasteiger partial charge is 0.352 e. The first-order chi connectivity index (χ1) is 14.8. The molecule has 0 unspecified atom stereocenters. The molecule has 3 aromatic heterocycles. The van der Waals surface area contributed by atoms with Gasteiger partial charge in [-0.3, -0.25) is 9.78 Å². The van der Waals surface area contributed by atoms with E-state index in [-0.39, 0.29) is 11.8 Å². The molecular weight excluding hydrogens is 410 g/mol. The number of nitrogens with zero attached hydrogens (tertiary/aromatic N) is 4. The molecule has 0 aromatic carbocycles. The van der Waals surface area contributed by atoms with E-state index in [1.807, 2.05) is 52.1 Å². The van der Waals surface area contributed by atoms with Crippen LogP contribution in [-0.2, 0) is 17.8 Å². The van der Waals surface area contributed by atoms with Crippen molar-refractivity contribution in [2.24, 2.45) is 5.92 Å². The van der Waals surface area contributed by atoms with Crippen LogP contribution in [0.15, 0.2) is 36.7 Å². The third-order valence-corrected chi connectivity index (χ3v) is 5.76. The third kappa shape index (κ3) is 4.54. The molecule has 6 nitrogen and oxygen atoms in total. The molecule has 160 valence electrons. The quantitative estimate of drug-likeness (QED) is 0.626. The average molecular weight is 436 g/mol. The zero-order valence-electron chi connectivity index (χ0n) is 18.2. The van der Waals surface area contributed by atoms with Crippen molar-refractivity contribution in [2.75, 3.05) is 16.8 Å². The van der Waals surface area contributed by atoms with Crippen molar-refractivity contribution >= 4 is 29.1 Å². The second-order valence-electron chi connectivity index (χ2n) is 8.32. The average Bonchev–Trinajstić information content (AvgIpc) is 2.74. The Labute approximate surface area is 187 Å². The fraction of sp³-hybridized carbons (Fsp3) is 0.333. The van der Waals surface area contributed by atoms with E-state index in [1.165, 1.54) is 0 Å². The lowest BCUT2D eigenvalue weighted by molar-refractivity contribution is -0.118. The number of rotatable bonds is 4. The molecule has 3 aromatic rings. The van der Waals surface area contributed by atoms with Gasteiger partial charge in [0.05, 0.1) is 10.7 Å². The summed E-state index contributed by atoms with van der Waals surface area (Å²) in [5.74, 6) is 1.37. The number of carbonyl (C=O) groups is 1. The van der Waals surface area contributed by atoms with Gasteiger partial charge in [0.25, 0.3) is 0 Å². The number of aromatic nitrogens is 3. The highest BCUT2D eigenvalue weighted by Crippen LogP contribution is 2.33. The third-order valence-electron chi connectivity index (χ3n) is 5.46. The Hall–Kier alpha value is -2.99. The molecule has 1 amide bonds. The highest BCUT2D eigenvalue weighted by Gasteiger charge is 2.21. The minimum Gasteiger partial charge on any atom is -0.352 e. The number of fused-ring (bicyclic) bond motifs is 1. The molecule has 1 aliphatic heterocycles. The van der Waals surface area contributed by atoms with E-state index in [0.29, 0.717) is 17.4 Å². The second-order valence-corrected chi connectivity index (χ2v) is 8.73. The Morgan fingerprint density at radius 3 is 2.71 bits per heavy atom. The summed E-state index contributed by atoms with van der Waals surface area (Å²) in [4.78, 5) is 28.0. The highest BCUT2D eigenvalue weighted by molar-refractivity contribution is 6.33. The van der Waals surface area contributed by atoms with Crippen LogP contribution in [0.1, 0.15) is 36.2 Å². The zero-order valence-corrected chi connectivity index (χ0v) is 19.0. The van der Waals surface area contributed by atoms with Crippen LogP contribution in [0, 0.1) is 19.8 Å². The Balaban J connectivity index is 1.58. The maximum absolute atomic E-state index is 12.0. The topological polar surface area (TPSA) is 71.0 Å². The first kappa shape index (κ1) is 21.2. The van der Waals surface area contributed by atoms with Crippen molar-refractivity contribution in [1.29, 1.82) is 0 Å². The van der Waals surface area contributed by atoms with E-state index < -0.39 is 0 Å². The smallest absolute Gasteiger partial charge is 0.228 e. The number of anilines is 2. The van der Waals surface area contributed by atoms with Crippen molar-refractivity contribution in [3.8, 4) is 11.3 Å². The van der Waals surface area contributed by atoms with Crippen LogP contribution in [-0.4, -0.2) is 27.4 Å². The molecule has 0 radical (unpaired) electrons.